The summed E-state index contributed by atoms with van der Waals surface area (Å²) in [5, 5.41) is 11.4. The Hall–Kier alpha value is -3.89. The molecule has 0 saturated carbocycles. The van der Waals surface area contributed by atoms with Crippen LogP contribution in [0.4, 0.5) is 34.1 Å². The Morgan fingerprint density at radius 3 is 2.21 bits per heavy atom. The van der Waals surface area contributed by atoms with E-state index in [2.05, 4.69) is 14.2 Å². The van der Waals surface area contributed by atoms with Gasteiger partial charge in [0.1, 0.15) is 5.75 Å². The lowest BCUT2D eigenvalue weighted by Crippen LogP contribution is -2.47. The first-order valence-corrected chi connectivity index (χ1v) is 10.4. The van der Waals surface area contributed by atoms with Gasteiger partial charge in [-0.05, 0) is 48.5 Å². The molecule has 0 spiro atoms. The maximum absolute atomic E-state index is 13.3. The van der Waals surface area contributed by atoms with Gasteiger partial charge in [0.2, 0.25) is 0 Å². The zero-order valence-corrected chi connectivity index (χ0v) is 17.8. The van der Waals surface area contributed by atoms with Gasteiger partial charge in [-0.15, -0.1) is 17.6 Å². The van der Waals surface area contributed by atoms with Gasteiger partial charge in [0.05, 0.1) is 23.0 Å². The minimum absolute atomic E-state index is 0.0840. The molecule has 2 aromatic rings. The largest absolute Gasteiger partial charge is 0.573 e. The molecule has 14 heteroatoms. The third-order valence-corrected chi connectivity index (χ3v) is 5.61. The van der Waals surface area contributed by atoms with Crippen LogP contribution in [-0.4, -0.2) is 22.9 Å². The number of alkyl halides is 3. The highest BCUT2D eigenvalue weighted by atomic mass is 35.5. The van der Waals surface area contributed by atoms with Crippen molar-refractivity contribution in [3.63, 3.8) is 0 Å². The number of amides is 4. The summed E-state index contributed by atoms with van der Waals surface area (Å²) in [4.78, 5) is 29.8. The van der Waals surface area contributed by atoms with E-state index in [9.17, 15) is 22.8 Å². The zero-order valence-electron chi connectivity index (χ0n) is 16.2. The summed E-state index contributed by atoms with van der Waals surface area (Å²) >= 11 is 6.01. The molecule has 170 valence electrons. The molecule has 0 fully saturated rings. The monoisotopic (exact) mass is 496 g/mol. The van der Waals surface area contributed by atoms with E-state index in [0.29, 0.717) is 10.5 Å². The van der Waals surface area contributed by atoms with Gasteiger partial charge in [-0.25, -0.2) is 19.5 Å². The van der Waals surface area contributed by atoms with Crippen molar-refractivity contribution in [2.45, 2.75) is 6.36 Å². The molecule has 2 aromatic carbocycles. The highest BCUT2D eigenvalue weighted by Crippen LogP contribution is 2.27. The predicted molar refractivity (Wildman–Crippen MR) is 116 cm³/mol. The summed E-state index contributed by atoms with van der Waals surface area (Å²) in [6.45, 7) is 0. The van der Waals surface area contributed by atoms with Gasteiger partial charge in [-0.3, -0.25) is 0 Å². The molecule has 1 unspecified atom stereocenters. The SMILES string of the molecule is N#Cc1ccc(N(/N=S2\C=CN=C2Cl)C(=O)N(C(N)=O)c2ccc(OC(F)(F)F)cc2)cc1. The Kier molecular flexibility index (Phi) is 7.00. The number of urea groups is 2. The summed E-state index contributed by atoms with van der Waals surface area (Å²) in [5.41, 5.74) is 5.72. The maximum Gasteiger partial charge on any atom is 0.573 e. The zero-order chi connectivity index (χ0) is 24.2. The van der Waals surface area contributed by atoms with Gasteiger partial charge in [0.15, 0.2) is 4.50 Å². The second-order valence-electron chi connectivity index (χ2n) is 6.03. The number of nitrogens with two attached hydrogens (primary N) is 1. The van der Waals surface area contributed by atoms with Crippen LogP contribution < -0.4 is 20.4 Å². The molecule has 0 bridgehead atoms. The fourth-order valence-electron chi connectivity index (χ4n) is 2.50. The Balaban J connectivity index is 2.01. The number of imide groups is 1. The van der Waals surface area contributed by atoms with Crippen LogP contribution in [-0.2, 0) is 10.7 Å². The molecule has 1 heterocycles. The highest BCUT2D eigenvalue weighted by Gasteiger charge is 2.32. The second kappa shape index (κ2) is 9.72. The van der Waals surface area contributed by atoms with Gasteiger partial charge in [0.25, 0.3) is 0 Å². The molecule has 1 aliphatic heterocycles. The van der Waals surface area contributed by atoms with Crippen LogP contribution in [0.2, 0.25) is 0 Å². The number of primary amides is 1. The molecule has 0 radical (unpaired) electrons. The van der Waals surface area contributed by atoms with Crippen molar-refractivity contribution < 1.29 is 27.5 Å². The van der Waals surface area contributed by atoms with Crippen molar-refractivity contribution in [2.24, 2.45) is 15.2 Å². The number of rotatable bonds is 4. The van der Waals surface area contributed by atoms with Gasteiger partial charge in [0, 0.05) is 22.3 Å². The lowest BCUT2D eigenvalue weighted by Gasteiger charge is -2.25. The Labute approximate surface area is 192 Å². The number of aliphatic imine (C=N–C) groups is 1. The topological polar surface area (TPSA) is 124 Å². The third kappa shape index (κ3) is 5.88. The number of ether oxygens (including phenoxy) is 1. The molecule has 1 aliphatic rings. The Morgan fingerprint density at radius 1 is 1.12 bits per heavy atom. The lowest BCUT2D eigenvalue weighted by molar-refractivity contribution is -0.274. The lowest BCUT2D eigenvalue weighted by atomic mass is 10.2. The van der Waals surface area contributed by atoms with Crippen LogP contribution in [0, 0.1) is 11.3 Å². The van der Waals surface area contributed by atoms with E-state index in [1.54, 1.807) is 0 Å². The first kappa shape index (κ1) is 23.8. The molecule has 4 amide bonds. The summed E-state index contributed by atoms with van der Waals surface area (Å²) in [6.07, 6.45) is -3.52. The smallest absolute Gasteiger partial charge is 0.406 e. The molecule has 2 N–H and O–H groups in total. The minimum atomic E-state index is -4.91. The standard InChI is InChI=1S/C19H12ClF3N6O3S/c20-16-26-9-10-33(16)27-29(14-3-1-12(11-24)2-4-14)18(31)28(17(25)30)13-5-7-15(8-6-13)32-19(21,22)23/h1-10H,(H2,25,30). The van der Waals surface area contributed by atoms with Gasteiger partial charge in [-0.1, -0.05) is 11.6 Å². The van der Waals surface area contributed by atoms with E-state index in [1.165, 1.54) is 35.9 Å². The number of hydrogen-bond donors (Lipinski definition) is 1. The van der Waals surface area contributed by atoms with Crippen molar-refractivity contribution in [3.05, 3.63) is 65.7 Å². The van der Waals surface area contributed by atoms with Crippen LogP contribution in [0.15, 0.2) is 69.6 Å². The summed E-state index contributed by atoms with van der Waals surface area (Å²) in [7, 11) is -1.16. The first-order valence-electron chi connectivity index (χ1n) is 8.73. The van der Waals surface area contributed by atoms with Crippen LogP contribution >= 0.6 is 11.6 Å². The number of anilines is 2. The normalized spacial score (nSPS) is 15.0. The number of nitriles is 1. The van der Waals surface area contributed by atoms with E-state index >= 15 is 0 Å². The van der Waals surface area contributed by atoms with Gasteiger partial charge < -0.3 is 10.5 Å². The number of halogens is 4. The molecule has 0 saturated heterocycles. The van der Waals surface area contributed by atoms with E-state index in [0.717, 1.165) is 29.3 Å². The molecule has 0 aromatic heterocycles. The van der Waals surface area contributed by atoms with Crippen molar-refractivity contribution in [3.8, 4) is 11.8 Å². The summed E-state index contributed by atoms with van der Waals surface area (Å²) in [5.74, 6) is -0.558. The van der Waals surface area contributed by atoms with E-state index in [-0.39, 0.29) is 15.9 Å². The Morgan fingerprint density at radius 2 is 1.73 bits per heavy atom. The van der Waals surface area contributed by atoms with Crippen molar-refractivity contribution in [2.75, 3.05) is 9.91 Å². The van der Waals surface area contributed by atoms with E-state index < -0.39 is 34.9 Å². The van der Waals surface area contributed by atoms with Crippen molar-refractivity contribution in [1.82, 2.24) is 0 Å². The Bertz CT molecular complexity index is 1210. The number of carbonyl (C=O) groups excluding carboxylic acids is 2. The average molecular weight is 497 g/mol. The number of hydrogen-bond acceptors (Lipinski definition) is 6. The number of benzene rings is 2. The van der Waals surface area contributed by atoms with Crippen molar-refractivity contribution in [1.29, 1.82) is 5.26 Å². The highest BCUT2D eigenvalue weighted by molar-refractivity contribution is 8.08. The minimum Gasteiger partial charge on any atom is -0.406 e. The van der Waals surface area contributed by atoms with Crippen LogP contribution in [0.3, 0.4) is 0 Å². The van der Waals surface area contributed by atoms with Crippen LogP contribution in [0.5, 0.6) is 5.75 Å². The molecule has 9 nitrogen and oxygen atoms in total. The third-order valence-electron chi connectivity index (χ3n) is 3.87. The molecule has 0 aliphatic carbocycles. The molecular weight excluding hydrogens is 485 g/mol. The van der Waals surface area contributed by atoms with Gasteiger partial charge >= 0.3 is 18.4 Å². The maximum atomic E-state index is 13.3. The van der Waals surface area contributed by atoms with Crippen LogP contribution in [0.25, 0.3) is 0 Å². The number of carbonyl (C=O) groups is 2. The quantitative estimate of drug-likeness (QED) is 0.612. The number of nitrogens with zero attached hydrogens (tertiary/aromatic N) is 5. The van der Waals surface area contributed by atoms with Crippen LogP contribution in [0.1, 0.15) is 5.56 Å². The van der Waals surface area contributed by atoms with E-state index in [1.807, 2.05) is 6.07 Å². The summed E-state index contributed by atoms with van der Waals surface area (Å²) < 4.78 is 45.3. The molecule has 3 rings (SSSR count). The fraction of sp³-hybridized carbons (Fsp3) is 0.0526. The fourth-order valence-corrected chi connectivity index (χ4v) is 3.72. The first-order chi connectivity index (χ1) is 15.6. The molecule has 33 heavy (non-hydrogen) atoms. The predicted octanol–water partition coefficient (Wildman–Crippen LogP) is 4.77. The molecular formula is C19H12ClF3N6O3S. The van der Waals surface area contributed by atoms with Crippen molar-refractivity contribution >= 4 is 50.2 Å². The summed E-state index contributed by atoms with van der Waals surface area (Å²) in [6, 6.07) is 9.26. The second-order valence-corrected chi connectivity index (χ2v) is 8.07. The van der Waals surface area contributed by atoms with Gasteiger partial charge in [-0.2, -0.15) is 10.3 Å². The average Bonchev–Trinajstić information content (AvgIpc) is 3.16. The molecule has 1 atom stereocenters. The van der Waals surface area contributed by atoms with E-state index in [4.69, 9.17) is 22.6 Å².